The van der Waals surface area contributed by atoms with E-state index in [1.54, 1.807) is 0 Å². The van der Waals surface area contributed by atoms with Crippen LogP contribution in [0.1, 0.15) is 33.1 Å². The first kappa shape index (κ1) is 15.3. The van der Waals surface area contributed by atoms with E-state index in [-0.39, 0.29) is 24.0 Å². The topological polar surface area (TPSA) is 64.6 Å². The van der Waals surface area contributed by atoms with Crippen LogP contribution >= 0.6 is 0 Å². The van der Waals surface area contributed by atoms with Gasteiger partial charge in [0.05, 0.1) is 0 Å². The minimum absolute atomic E-state index is 0.107. The van der Waals surface area contributed by atoms with Gasteiger partial charge in [-0.3, -0.25) is 14.9 Å². The van der Waals surface area contributed by atoms with E-state index in [1.165, 1.54) is 0 Å². The Labute approximate surface area is 111 Å². The average molecular weight is 273 g/mol. The van der Waals surface area contributed by atoms with Gasteiger partial charge >= 0.3 is 0 Å². The molecular formula is C12H23NO4Si. The van der Waals surface area contributed by atoms with Crippen molar-refractivity contribution in [3.8, 4) is 0 Å². The van der Waals surface area contributed by atoms with Gasteiger partial charge in [-0.15, -0.1) is 0 Å². The number of rotatable bonds is 8. The fourth-order valence-electron chi connectivity index (χ4n) is 2.22. The van der Waals surface area contributed by atoms with E-state index >= 15 is 0 Å². The largest absolute Gasteiger partial charge is 0.353 e. The molecule has 1 heterocycles. The summed E-state index contributed by atoms with van der Waals surface area (Å²) in [5.74, 6) is -0.380. The zero-order chi connectivity index (χ0) is 13.5. The molecule has 2 unspecified atom stereocenters. The Morgan fingerprint density at radius 1 is 1.28 bits per heavy atom. The van der Waals surface area contributed by atoms with Crippen molar-refractivity contribution in [3.05, 3.63) is 0 Å². The van der Waals surface area contributed by atoms with Crippen molar-refractivity contribution in [2.75, 3.05) is 13.2 Å². The number of hydrogen-bond donors (Lipinski definition) is 1. The van der Waals surface area contributed by atoms with Crippen molar-refractivity contribution in [1.82, 2.24) is 5.32 Å². The quantitative estimate of drug-likeness (QED) is 0.383. The van der Waals surface area contributed by atoms with Gasteiger partial charge < -0.3 is 9.47 Å². The molecule has 0 spiro atoms. The molecule has 104 valence electrons. The molecule has 0 radical (unpaired) electrons. The van der Waals surface area contributed by atoms with E-state index in [0.717, 1.165) is 23.1 Å². The van der Waals surface area contributed by atoms with Crippen molar-refractivity contribution < 1.29 is 19.1 Å². The van der Waals surface area contributed by atoms with Gasteiger partial charge in [0, 0.05) is 35.8 Å². The molecule has 0 aromatic rings. The molecule has 1 N–H and O–H groups in total. The van der Waals surface area contributed by atoms with Crippen LogP contribution in [0.25, 0.3) is 0 Å². The minimum atomic E-state index is -0.184. The molecule has 0 saturated carbocycles. The summed E-state index contributed by atoms with van der Waals surface area (Å²) in [6.45, 7) is 5.12. The van der Waals surface area contributed by atoms with Crippen LogP contribution < -0.4 is 5.32 Å². The van der Waals surface area contributed by atoms with Gasteiger partial charge in [0.25, 0.3) is 0 Å². The molecule has 1 rings (SSSR count). The lowest BCUT2D eigenvalue weighted by molar-refractivity contribution is -0.141. The van der Waals surface area contributed by atoms with Crippen LogP contribution in [0.2, 0.25) is 5.54 Å². The van der Waals surface area contributed by atoms with Crippen molar-refractivity contribution in [2.45, 2.75) is 44.9 Å². The summed E-state index contributed by atoms with van der Waals surface area (Å²) in [6.07, 6.45) is 1.83. The van der Waals surface area contributed by atoms with Crippen molar-refractivity contribution >= 4 is 22.1 Å². The predicted molar refractivity (Wildman–Crippen MR) is 71.2 cm³/mol. The van der Waals surface area contributed by atoms with Gasteiger partial charge in [-0.05, 0) is 32.2 Å². The molecule has 0 aliphatic carbocycles. The second-order valence-electron chi connectivity index (χ2n) is 4.62. The summed E-state index contributed by atoms with van der Waals surface area (Å²) >= 11 is 0. The Balaban J connectivity index is 2.37. The zero-order valence-electron chi connectivity index (χ0n) is 11.4. The Hall–Kier alpha value is -0.723. The van der Waals surface area contributed by atoms with Gasteiger partial charge in [0.15, 0.2) is 6.29 Å². The fourth-order valence-corrected chi connectivity index (χ4v) is 3.09. The molecule has 6 heteroatoms. The molecule has 2 atom stereocenters. The highest BCUT2D eigenvalue weighted by Crippen LogP contribution is 2.28. The Bertz CT molecular complexity index is 292. The number of imide groups is 1. The first-order chi connectivity index (χ1) is 8.58. The van der Waals surface area contributed by atoms with Crippen LogP contribution in [0.3, 0.4) is 0 Å². The van der Waals surface area contributed by atoms with Crippen LogP contribution in [-0.2, 0) is 19.1 Å². The van der Waals surface area contributed by atoms with E-state index in [2.05, 4.69) is 5.32 Å². The third-order valence-electron chi connectivity index (χ3n) is 3.25. The second kappa shape index (κ2) is 7.65. The molecule has 1 aliphatic heterocycles. The highest BCUT2D eigenvalue weighted by Gasteiger charge is 2.34. The Morgan fingerprint density at radius 2 is 1.89 bits per heavy atom. The summed E-state index contributed by atoms with van der Waals surface area (Å²) in [5.41, 5.74) is 0.305. The van der Waals surface area contributed by atoms with Crippen LogP contribution in [0, 0.1) is 5.92 Å². The third kappa shape index (κ3) is 4.51. The average Bonchev–Trinajstić information content (AvgIpc) is 2.65. The fraction of sp³-hybridized carbons (Fsp3) is 0.833. The Kier molecular flexibility index (Phi) is 6.52. The molecule has 18 heavy (non-hydrogen) atoms. The smallest absolute Gasteiger partial charge is 0.230 e. The van der Waals surface area contributed by atoms with Crippen molar-refractivity contribution in [1.29, 1.82) is 0 Å². The summed E-state index contributed by atoms with van der Waals surface area (Å²) in [6, 6.07) is 0. The van der Waals surface area contributed by atoms with E-state index in [9.17, 15) is 9.59 Å². The van der Waals surface area contributed by atoms with E-state index < -0.39 is 0 Å². The maximum Gasteiger partial charge on any atom is 0.230 e. The Morgan fingerprint density at radius 3 is 2.33 bits per heavy atom. The highest BCUT2D eigenvalue weighted by atomic mass is 28.1. The van der Waals surface area contributed by atoms with Crippen LogP contribution in [-0.4, -0.2) is 41.6 Å². The third-order valence-corrected chi connectivity index (χ3v) is 4.64. The van der Waals surface area contributed by atoms with Crippen molar-refractivity contribution in [3.63, 3.8) is 0 Å². The number of nitrogens with one attached hydrogen (secondary N) is 1. The van der Waals surface area contributed by atoms with Crippen LogP contribution in [0.5, 0.6) is 0 Å². The number of hydrogen-bond acceptors (Lipinski definition) is 4. The zero-order valence-corrected chi connectivity index (χ0v) is 13.4. The first-order valence-corrected chi connectivity index (χ1v) is 7.80. The molecule has 0 aromatic carbocycles. The predicted octanol–water partition coefficient (Wildman–Crippen LogP) is -0.0177. The summed E-state index contributed by atoms with van der Waals surface area (Å²) in [5, 5.41) is 2.37. The molecule has 5 nitrogen and oxygen atoms in total. The lowest BCUT2D eigenvalue weighted by atomic mass is 9.99. The maximum atomic E-state index is 11.6. The first-order valence-electron chi connectivity index (χ1n) is 6.65. The second-order valence-corrected chi connectivity index (χ2v) is 6.10. The van der Waals surface area contributed by atoms with E-state index in [4.69, 9.17) is 9.47 Å². The summed E-state index contributed by atoms with van der Waals surface area (Å²) in [7, 11) is 0.901. The van der Waals surface area contributed by atoms with E-state index in [0.29, 0.717) is 25.2 Å². The molecule has 1 aliphatic rings. The summed E-state index contributed by atoms with van der Waals surface area (Å²) in [4.78, 5) is 22.7. The molecule has 0 aromatic heterocycles. The van der Waals surface area contributed by atoms with Gasteiger partial charge in [0.1, 0.15) is 0 Å². The molecule has 1 saturated heterocycles. The van der Waals surface area contributed by atoms with Crippen LogP contribution in [0.15, 0.2) is 0 Å². The summed E-state index contributed by atoms with van der Waals surface area (Å²) < 4.78 is 10.9. The minimum Gasteiger partial charge on any atom is -0.353 e. The maximum absolute atomic E-state index is 11.6. The van der Waals surface area contributed by atoms with Gasteiger partial charge in [0.2, 0.25) is 11.8 Å². The lowest BCUT2D eigenvalue weighted by Crippen LogP contribution is -2.25. The highest BCUT2D eigenvalue weighted by molar-refractivity contribution is 6.16. The van der Waals surface area contributed by atoms with Gasteiger partial charge in [-0.25, -0.2) is 0 Å². The van der Waals surface area contributed by atoms with Gasteiger partial charge in [-0.1, -0.05) is 0 Å². The number of carbonyl (C=O) groups excluding carboxylic acids is 2. The molecule has 1 fully saturated rings. The molecular weight excluding hydrogens is 250 g/mol. The van der Waals surface area contributed by atoms with Gasteiger partial charge in [-0.2, -0.15) is 0 Å². The number of ether oxygens (including phenoxy) is 2. The SMILES string of the molecule is CCOC(CCC([SiH3])C1CC(=O)NC1=O)OCC. The monoisotopic (exact) mass is 273 g/mol. The molecule has 0 bridgehead atoms. The standard InChI is InChI=1S/C12H23NO4Si/c1-3-16-11(17-4-2)6-5-9(18)8-7-10(14)13-12(8)15/h8-9,11H,3-7H2,1-2,18H3,(H,13,14,15). The normalized spacial score (nSPS) is 21.6. The van der Waals surface area contributed by atoms with Crippen LogP contribution in [0.4, 0.5) is 0 Å². The molecule has 2 amide bonds. The lowest BCUT2D eigenvalue weighted by Gasteiger charge is -2.21. The number of amides is 2. The van der Waals surface area contributed by atoms with E-state index in [1.807, 2.05) is 13.8 Å². The van der Waals surface area contributed by atoms with Crippen molar-refractivity contribution in [2.24, 2.45) is 5.92 Å². The number of carbonyl (C=O) groups is 2.